The molecule has 3 heterocycles. The van der Waals surface area contributed by atoms with E-state index in [9.17, 15) is 19.2 Å². The van der Waals surface area contributed by atoms with Crippen molar-refractivity contribution in [1.82, 2.24) is 19.8 Å². The van der Waals surface area contributed by atoms with Gasteiger partial charge < -0.3 is 14.6 Å². The topological polar surface area (TPSA) is 111 Å². The number of imide groups is 1. The molecule has 0 aliphatic carbocycles. The van der Waals surface area contributed by atoms with Crippen LogP contribution in [0.2, 0.25) is 0 Å². The molecule has 1 unspecified atom stereocenters. The minimum atomic E-state index is -0.759. The lowest BCUT2D eigenvalue weighted by Crippen LogP contribution is -2.41. The second kappa shape index (κ2) is 8.62. The molecule has 1 aliphatic heterocycles. The van der Waals surface area contributed by atoms with E-state index in [0.717, 1.165) is 10.6 Å². The molecule has 0 spiro atoms. The van der Waals surface area contributed by atoms with Crippen LogP contribution in [-0.2, 0) is 16.1 Å². The van der Waals surface area contributed by atoms with Crippen molar-refractivity contribution in [2.75, 3.05) is 13.2 Å². The highest BCUT2D eigenvalue weighted by atomic mass is 16.6. The number of nitrogens with one attached hydrogen (secondary N) is 1. The summed E-state index contributed by atoms with van der Waals surface area (Å²) in [5.41, 5.74) is 1.49. The Morgan fingerprint density at radius 3 is 2.56 bits per heavy atom. The first-order chi connectivity index (χ1) is 15.4. The third-order valence-corrected chi connectivity index (χ3v) is 5.36. The molecule has 32 heavy (non-hydrogen) atoms. The quantitative estimate of drug-likeness (QED) is 0.637. The predicted octanol–water partition coefficient (Wildman–Crippen LogP) is 2.17. The van der Waals surface area contributed by atoms with Crippen LogP contribution >= 0.6 is 0 Å². The fourth-order valence-corrected chi connectivity index (χ4v) is 3.66. The van der Waals surface area contributed by atoms with Gasteiger partial charge in [0.25, 0.3) is 11.8 Å². The molecule has 3 aromatic rings. The number of aromatic nitrogens is 2. The molecule has 1 saturated heterocycles. The second-order valence-corrected chi connectivity index (χ2v) is 7.48. The largest absolute Gasteiger partial charge is 0.439 e. The van der Waals surface area contributed by atoms with Gasteiger partial charge in [-0.25, -0.2) is 14.7 Å². The number of amides is 3. The lowest BCUT2D eigenvalue weighted by molar-refractivity contribution is -0.126. The second-order valence-electron chi connectivity index (χ2n) is 7.48. The number of carbonyl (C=O) groups is 3. The highest BCUT2D eigenvalue weighted by Crippen LogP contribution is 2.18. The van der Waals surface area contributed by atoms with Gasteiger partial charge >= 0.3 is 6.09 Å². The maximum Gasteiger partial charge on any atom is 0.417 e. The number of cyclic esters (lactones) is 1. The Bertz CT molecular complexity index is 1250. The minimum Gasteiger partial charge on any atom is -0.439 e. The van der Waals surface area contributed by atoms with E-state index in [1.54, 1.807) is 41.0 Å². The van der Waals surface area contributed by atoms with Gasteiger partial charge in [0.15, 0.2) is 6.61 Å². The highest BCUT2D eigenvalue weighted by molar-refractivity contribution is 5.99. The van der Waals surface area contributed by atoms with Crippen molar-refractivity contribution in [3.05, 3.63) is 75.7 Å². The summed E-state index contributed by atoms with van der Waals surface area (Å²) in [5.74, 6) is -1.08. The van der Waals surface area contributed by atoms with Gasteiger partial charge in [0.05, 0.1) is 18.0 Å². The molecule has 1 aliphatic rings. The van der Waals surface area contributed by atoms with Gasteiger partial charge in [-0.05, 0) is 31.5 Å². The van der Waals surface area contributed by atoms with Gasteiger partial charge in [-0.1, -0.05) is 30.3 Å². The van der Waals surface area contributed by atoms with E-state index in [0.29, 0.717) is 23.1 Å². The maximum atomic E-state index is 13.2. The molecule has 1 aromatic carbocycles. The van der Waals surface area contributed by atoms with Gasteiger partial charge in [0.1, 0.15) is 11.2 Å². The molecule has 9 heteroatoms. The van der Waals surface area contributed by atoms with Crippen LogP contribution in [0.25, 0.3) is 11.0 Å². The number of fused-ring (bicyclic) bond motifs is 1. The molecule has 0 saturated carbocycles. The number of pyridine rings is 2. The molecular weight excluding hydrogens is 412 g/mol. The Labute approximate surface area is 183 Å². The smallest absolute Gasteiger partial charge is 0.417 e. The molecule has 1 atom stereocenters. The van der Waals surface area contributed by atoms with E-state index in [1.165, 1.54) is 6.20 Å². The molecule has 4 rings (SSSR count). The molecule has 164 valence electrons. The van der Waals surface area contributed by atoms with Crippen molar-refractivity contribution < 1.29 is 19.1 Å². The van der Waals surface area contributed by atoms with Crippen molar-refractivity contribution in [3.8, 4) is 0 Å². The van der Waals surface area contributed by atoms with Gasteiger partial charge in [0.2, 0.25) is 5.43 Å². The van der Waals surface area contributed by atoms with E-state index in [1.807, 2.05) is 19.9 Å². The van der Waals surface area contributed by atoms with Crippen molar-refractivity contribution in [1.29, 1.82) is 0 Å². The molecule has 3 amide bonds. The Kier molecular flexibility index (Phi) is 5.72. The summed E-state index contributed by atoms with van der Waals surface area (Å²) in [6, 6.07) is 11.6. The van der Waals surface area contributed by atoms with Crippen LogP contribution in [0.1, 0.15) is 34.6 Å². The summed E-state index contributed by atoms with van der Waals surface area (Å²) in [4.78, 5) is 55.6. The van der Waals surface area contributed by atoms with Crippen molar-refractivity contribution in [3.63, 3.8) is 0 Å². The lowest BCUT2D eigenvalue weighted by Gasteiger charge is -2.23. The van der Waals surface area contributed by atoms with Crippen molar-refractivity contribution >= 4 is 28.9 Å². The van der Waals surface area contributed by atoms with Crippen molar-refractivity contribution in [2.24, 2.45) is 0 Å². The summed E-state index contributed by atoms with van der Waals surface area (Å²) in [6.45, 7) is 3.81. The van der Waals surface area contributed by atoms with Gasteiger partial charge in [-0.15, -0.1) is 0 Å². The molecule has 1 fully saturated rings. The van der Waals surface area contributed by atoms with Crippen LogP contribution in [0, 0.1) is 6.92 Å². The van der Waals surface area contributed by atoms with Gasteiger partial charge in [0, 0.05) is 18.4 Å². The summed E-state index contributed by atoms with van der Waals surface area (Å²) in [6.07, 6.45) is 0.731. The van der Waals surface area contributed by atoms with Crippen LogP contribution in [0.15, 0.2) is 53.5 Å². The standard InChI is InChI=1S/C23H22N4O5/c1-3-26-11-17(20(29)16-10-9-14(2)24-21(16)26)22(30)25-18(15-7-5-4-6-8-15)12-27-19(28)13-32-23(27)31/h4-11,18H,3,12-13H2,1-2H3,(H,25,30). The van der Waals surface area contributed by atoms with Gasteiger partial charge in [-0.2, -0.15) is 0 Å². The normalized spacial score (nSPS) is 14.5. The zero-order valence-electron chi connectivity index (χ0n) is 17.7. The Balaban J connectivity index is 1.71. The minimum absolute atomic E-state index is 0.0405. The first-order valence-electron chi connectivity index (χ1n) is 10.2. The number of rotatable bonds is 6. The van der Waals surface area contributed by atoms with E-state index >= 15 is 0 Å². The van der Waals surface area contributed by atoms with Crippen molar-refractivity contribution in [2.45, 2.75) is 26.4 Å². The number of aryl methyl sites for hydroxylation is 2. The first-order valence-corrected chi connectivity index (χ1v) is 10.2. The average molecular weight is 434 g/mol. The molecule has 1 N–H and O–H groups in total. The van der Waals surface area contributed by atoms with Crippen LogP contribution in [0.3, 0.4) is 0 Å². The fourth-order valence-electron chi connectivity index (χ4n) is 3.66. The first kappa shape index (κ1) is 21.2. The molecule has 2 aromatic heterocycles. The highest BCUT2D eigenvalue weighted by Gasteiger charge is 2.34. The molecular formula is C23H22N4O5. The Hall–Kier alpha value is -4.01. The number of ether oxygens (including phenoxy) is 1. The number of hydrogen-bond acceptors (Lipinski definition) is 6. The van der Waals surface area contributed by atoms with Gasteiger partial charge in [-0.3, -0.25) is 14.4 Å². The lowest BCUT2D eigenvalue weighted by atomic mass is 10.1. The predicted molar refractivity (Wildman–Crippen MR) is 116 cm³/mol. The monoisotopic (exact) mass is 434 g/mol. The molecule has 0 bridgehead atoms. The summed E-state index contributed by atoms with van der Waals surface area (Å²) in [7, 11) is 0. The Morgan fingerprint density at radius 2 is 1.91 bits per heavy atom. The third-order valence-electron chi connectivity index (χ3n) is 5.36. The molecule has 0 radical (unpaired) electrons. The number of carbonyl (C=O) groups excluding carboxylic acids is 3. The summed E-state index contributed by atoms with van der Waals surface area (Å²) >= 11 is 0. The van der Waals surface area contributed by atoms with E-state index in [4.69, 9.17) is 4.74 Å². The third kappa shape index (κ3) is 3.96. The van der Waals surface area contributed by atoms with Crippen LogP contribution in [0.4, 0.5) is 4.79 Å². The zero-order chi connectivity index (χ0) is 22.8. The zero-order valence-corrected chi connectivity index (χ0v) is 17.7. The van der Waals surface area contributed by atoms with Crippen LogP contribution < -0.4 is 10.7 Å². The Morgan fingerprint density at radius 1 is 1.16 bits per heavy atom. The van der Waals surface area contributed by atoms with Crippen LogP contribution in [-0.4, -0.2) is 45.5 Å². The number of hydrogen-bond donors (Lipinski definition) is 1. The van der Waals surface area contributed by atoms with E-state index in [-0.39, 0.29) is 18.7 Å². The fraction of sp³-hybridized carbons (Fsp3) is 0.261. The number of benzene rings is 1. The average Bonchev–Trinajstić information content (AvgIpc) is 3.11. The van der Waals surface area contributed by atoms with Crippen LogP contribution in [0.5, 0.6) is 0 Å². The SMILES string of the molecule is CCn1cc(C(=O)NC(CN2C(=O)COC2=O)c2ccccc2)c(=O)c2ccc(C)nc21. The summed E-state index contributed by atoms with van der Waals surface area (Å²) < 4.78 is 6.52. The van der Waals surface area contributed by atoms with E-state index in [2.05, 4.69) is 10.3 Å². The molecule has 9 nitrogen and oxygen atoms in total. The summed E-state index contributed by atoms with van der Waals surface area (Å²) in [5, 5.41) is 3.16. The number of nitrogens with zero attached hydrogens (tertiary/aromatic N) is 3. The van der Waals surface area contributed by atoms with E-state index < -0.39 is 29.4 Å². The maximum absolute atomic E-state index is 13.2.